The van der Waals surface area contributed by atoms with E-state index in [1.165, 1.54) is 6.42 Å². The third kappa shape index (κ3) is 3.89. The number of halogens is 3. The summed E-state index contributed by atoms with van der Waals surface area (Å²) in [5, 5.41) is 10.5. The van der Waals surface area contributed by atoms with E-state index in [1.807, 2.05) is 4.90 Å². The molecule has 3 aliphatic rings. The molecule has 0 radical (unpaired) electrons. The van der Waals surface area contributed by atoms with E-state index in [1.54, 1.807) is 0 Å². The summed E-state index contributed by atoms with van der Waals surface area (Å²) < 4.78 is 37.0. The van der Waals surface area contributed by atoms with Crippen LogP contribution >= 0.6 is 0 Å². The number of carbonyl (C=O) groups is 2. The van der Waals surface area contributed by atoms with E-state index < -0.39 is 12.1 Å². The first kappa shape index (κ1) is 17.0. The summed E-state index contributed by atoms with van der Waals surface area (Å²) in [6.45, 7) is 5.14. The zero-order valence-electron chi connectivity index (χ0n) is 12.0. The van der Waals surface area contributed by atoms with Crippen LogP contribution in [0.2, 0.25) is 0 Å². The average Bonchev–Trinajstić information content (AvgIpc) is 2.95. The van der Waals surface area contributed by atoms with E-state index in [0.29, 0.717) is 30.5 Å². The van der Waals surface area contributed by atoms with Gasteiger partial charge < -0.3 is 20.1 Å². The van der Waals surface area contributed by atoms with Gasteiger partial charge in [0.1, 0.15) is 0 Å². The monoisotopic (exact) mass is 324 g/mol. The fourth-order valence-corrected chi connectivity index (χ4v) is 2.94. The number of morpholine rings is 1. The van der Waals surface area contributed by atoms with E-state index in [9.17, 15) is 18.0 Å². The van der Waals surface area contributed by atoms with Gasteiger partial charge in [-0.25, -0.2) is 4.79 Å². The van der Waals surface area contributed by atoms with Gasteiger partial charge in [-0.2, -0.15) is 13.2 Å². The van der Waals surface area contributed by atoms with Crippen molar-refractivity contribution >= 4 is 11.9 Å². The molecule has 3 rings (SSSR count). The summed E-state index contributed by atoms with van der Waals surface area (Å²) in [6.07, 6.45) is -2.79. The fourth-order valence-electron chi connectivity index (χ4n) is 2.94. The van der Waals surface area contributed by atoms with Gasteiger partial charge in [-0.05, 0) is 24.8 Å². The summed E-state index contributed by atoms with van der Waals surface area (Å²) in [6, 6.07) is 0. The molecule has 0 aromatic carbocycles. The number of nitrogens with zero attached hydrogens (tertiary/aromatic N) is 1. The minimum Gasteiger partial charge on any atom is -0.475 e. The van der Waals surface area contributed by atoms with Crippen molar-refractivity contribution < 1.29 is 32.6 Å². The summed E-state index contributed by atoms with van der Waals surface area (Å²) >= 11 is 0. The number of carboxylic acids is 1. The van der Waals surface area contributed by atoms with E-state index >= 15 is 0 Å². The van der Waals surface area contributed by atoms with Crippen molar-refractivity contribution in [3.63, 3.8) is 0 Å². The zero-order valence-corrected chi connectivity index (χ0v) is 12.0. The minimum absolute atomic E-state index is 0.311. The molecule has 1 aliphatic carbocycles. The van der Waals surface area contributed by atoms with Gasteiger partial charge in [-0.1, -0.05) is 0 Å². The number of ether oxygens (including phenoxy) is 1. The van der Waals surface area contributed by atoms with Crippen LogP contribution in [0.5, 0.6) is 0 Å². The maximum absolute atomic E-state index is 12.2. The fraction of sp³-hybridized carbons (Fsp3) is 0.846. The van der Waals surface area contributed by atoms with E-state index in [2.05, 4.69) is 5.32 Å². The van der Waals surface area contributed by atoms with E-state index in [4.69, 9.17) is 14.6 Å². The summed E-state index contributed by atoms with van der Waals surface area (Å²) in [4.78, 5) is 23.0. The second kappa shape index (κ2) is 6.41. The molecule has 126 valence electrons. The van der Waals surface area contributed by atoms with Crippen LogP contribution in [0.25, 0.3) is 0 Å². The Morgan fingerprint density at radius 2 is 1.86 bits per heavy atom. The Bertz CT molecular complexity index is 429. The molecule has 2 unspecified atom stereocenters. The number of carboxylic acid groups (broad SMARTS) is 1. The van der Waals surface area contributed by atoms with Crippen LogP contribution in [0.3, 0.4) is 0 Å². The predicted octanol–water partition coefficient (Wildman–Crippen LogP) is 0.478. The quantitative estimate of drug-likeness (QED) is 0.733. The molecule has 2 heterocycles. The number of hydrogen-bond acceptors (Lipinski definition) is 4. The van der Waals surface area contributed by atoms with Crippen molar-refractivity contribution in [3.05, 3.63) is 0 Å². The molecule has 22 heavy (non-hydrogen) atoms. The second-order valence-electron chi connectivity index (χ2n) is 5.79. The minimum atomic E-state index is -5.08. The molecule has 1 amide bonds. The molecule has 2 atom stereocenters. The molecule has 3 fully saturated rings. The summed E-state index contributed by atoms with van der Waals surface area (Å²) in [7, 11) is 0. The zero-order chi connectivity index (χ0) is 16.4. The largest absolute Gasteiger partial charge is 0.490 e. The standard InChI is InChI=1S/C11H18N2O2.C2HF3O2/c14-10(13-3-5-15-6-4-13)9-7-11(9)1-2-12-8-11;3-2(4,5)1(6)7/h9,12H,1-8H2;(H,6,7). The van der Waals surface area contributed by atoms with Gasteiger partial charge in [0, 0.05) is 25.6 Å². The summed E-state index contributed by atoms with van der Waals surface area (Å²) in [5.41, 5.74) is 0.343. The van der Waals surface area contributed by atoms with Crippen LogP contribution in [0.15, 0.2) is 0 Å². The Labute approximate surface area is 125 Å². The topological polar surface area (TPSA) is 78.9 Å². The molecule has 6 nitrogen and oxygen atoms in total. The number of nitrogens with one attached hydrogen (secondary N) is 1. The van der Waals surface area contributed by atoms with Crippen molar-refractivity contribution in [2.24, 2.45) is 11.3 Å². The number of alkyl halides is 3. The SMILES string of the molecule is O=C(C1CC12CCNC2)N1CCOCC1.O=C(O)C(F)(F)F. The van der Waals surface area contributed by atoms with E-state index in [0.717, 1.165) is 32.6 Å². The van der Waals surface area contributed by atoms with Gasteiger partial charge in [0.05, 0.1) is 13.2 Å². The number of hydrogen-bond donors (Lipinski definition) is 2. The van der Waals surface area contributed by atoms with Gasteiger partial charge >= 0.3 is 12.1 Å². The Hall–Kier alpha value is -1.35. The van der Waals surface area contributed by atoms with Crippen molar-refractivity contribution in [3.8, 4) is 0 Å². The Kier molecular flexibility index (Phi) is 4.96. The molecule has 1 saturated carbocycles. The van der Waals surface area contributed by atoms with Crippen molar-refractivity contribution in [1.82, 2.24) is 10.2 Å². The van der Waals surface area contributed by atoms with Crippen LogP contribution in [0.4, 0.5) is 13.2 Å². The predicted molar refractivity (Wildman–Crippen MR) is 69.1 cm³/mol. The maximum atomic E-state index is 12.2. The lowest BCUT2D eigenvalue weighted by Crippen LogP contribution is -2.42. The first-order valence-corrected chi connectivity index (χ1v) is 7.14. The van der Waals surface area contributed by atoms with Crippen LogP contribution in [0, 0.1) is 11.3 Å². The Morgan fingerprint density at radius 3 is 2.32 bits per heavy atom. The highest BCUT2D eigenvalue weighted by Gasteiger charge is 2.59. The smallest absolute Gasteiger partial charge is 0.475 e. The number of carbonyl (C=O) groups excluding carboxylic acids is 1. The molecule has 1 spiro atoms. The van der Waals surface area contributed by atoms with Crippen molar-refractivity contribution in [2.75, 3.05) is 39.4 Å². The van der Waals surface area contributed by atoms with E-state index in [-0.39, 0.29) is 0 Å². The van der Waals surface area contributed by atoms with Crippen molar-refractivity contribution in [1.29, 1.82) is 0 Å². The van der Waals surface area contributed by atoms with Crippen molar-refractivity contribution in [2.45, 2.75) is 19.0 Å². The number of rotatable bonds is 1. The van der Waals surface area contributed by atoms with Gasteiger partial charge in [0.15, 0.2) is 0 Å². The molecule has 9 heteroatoms. The normalized spacial score (nSPS) is 30.7. The number of amides is 1. The lowest BCUT2D eigenvalue weighted by molar-refractivity contribution is -0.192. The molecule has 0 aromatic rings. The number of aliphatic carboxylic acids is 1. The third-order valence-corrected chi connectivity index (χ3v) is 4.33. The molecule has 2 saturated heterocycles. The highest BCUT2D eigenvalue weighted by molar-refractivity contribution is 5.83. The van der Waals surface area contributed by atoms with Crippen LogP contribution in [0.1, 0.15) is 12.8 Å². The van der Waals surface area contributed by atoms with Gasteiger partial charge in [0.25, 0.3) is 0 Å². The highest BCUT2D eigenvalue weighted by Crippen LogP contribution is 2.57. The first-order valence-electron chi connectivity index (χ1n) is 7.14. The second-order valence-corrected chi connectivity index (χ2v) is 5.79. The van der Waals surface area contributed by atoms with Gasteiger partial charge in [0.2, 0.25) is 5.91 Å². The summed E-state index contributed by atoms with van der Waals surface area (Å²) in [5.74, 6) is -2.07. The third-order valence-electron chi connectivity index (χ3n) is 4.33. The molecule has 0 aromatic heterocycles. The molecule has 0 bridgehead atoms. The average molecular weight is 324 g/mol. The lowest BCUT2D eigenvalue weighted by atomic mass is 10.0. The first-order chi connectivity index (χ1) is 10.3. The Balaban J connectivity index is 0.000000217. The van der Waals surface area contributed by atoms with Gasteiger partial charge in [-0.15, -0.1) is 0 Å². The maximum Gasteiger partial charge on any atom is 0.490 e. The molecule has 2 aliphatic heterocycles. The van der Waals surface area contributed by atoms with Gasteiger partial charge in [-0.3, -0.25) is 4.79 Å². The molecule has 2 N–H and O–H groups in total. The van der Waals surface area contributed by atoms with Crippen LogP contribution in [-0.2, 0) is 14.3 Å². The van der Waals surface area contributed by atoms with Crippen LogP contribution in [-0.4, -0.2) is 67.5 Å². The highest BCUT2D eigenvalue weighted by atomic mass is 19.4. The van der Waals surface area contributed by atoms with Crippen LogP contribution < -0.4 is 5.32 Å². The lowest BCUT2D eigenvalue weighted by Gasteiger charge is -2.27. The molecular weight excluding hydrogens is 305 g/mol. The molecular formula is C13H19F3N2O4. The Morgan fingerprint density at radius 1 is 1.27 bits per heavy atom.